The lowest BCUT2D eigenvalue weighted by Crippen LogP contribution is -2.47. The maximum absolute atomic E-state index is 5.99. The van der Waals surface area contributed by atoms with Gasteiger partial charge in [0.05, 0.1) is 17.6 Å². The van der Waals surface area contributed by atoms with Crippen molar-refractivity contribution in [1.29, 1.82) is 0 Å². The zero-order chi connectivity index (χ0) is 14.7. The summed E-state index contributed by atoms with van der Waals surface area (Å²) in [5.41, 5.74) is 7.79. The standard InChI is InChI=1S/C14H18N6S/c1-21-14-8-13(17-10-18-14)20-6-4-19(5-7-20)12-2-3-16-9-11(12)15/h2-3,8-10H,4-7,15H2,1H3. The van der Waals surface area contributed by atoms with Crippen LogP contribution in [0.4, 0.5) is 17.2 Å². The molecule has 1 saturated heterocycles. The molecule has 0 unspecified atom stereocenters. The Morgan fingerprint density at radius 1 is 1.14 bits per heavy atom. The van der Waals surface area contributed by atoms with E-state index in [1.54, 1.807) is 30.5 Å². The first-order chi connectivity index (χ1) is 10.3. The van der Waals surface area contributed by atoms with Gasteiger partial charge in [0, 0.05) is 38.4 Å². The molecule has 3 rings (SSSR count). The first kappa shape index (κ1) is 13.9. The molecule has 6 nitrogen and oxygen atoms in total. The number of hydrogen-bond acceptors (Lipinski definition) is 7. The van der Waals surface area contributed by atoms with Crippen molar-refractivity contribution in [2.45, 2.75) is 5.03 Å². The predicted octanol–water partition coefficient (Wildman–Crippen LogP) is 1.50. The third-order valence-electron chi connectivity index (χ3n) is 3.61. The van der Waals surface area contributed by atoms with Crippen LogP contribution in [0.5, 0.6) is 0 Å². The molecule has 1 aliphatic rings. The largest absolute Gasteiger partial charge is 0.396 e. The van der Waals surface area contributed by atoms with Gasteiger partial charge >= 0.3 is 0 Å². The van der Waals surface area contributed by atoms with Gasteiger partial charge < -0.3 is 15.5 Å². The number of piperazine rings is 1. The molecule has 2 aromatic rings. The van der Waals surface area contributed by atoms with Crippen LogP contribution in [0.25, 0.3) is 0 Å². The van der Waals surface area contributed by atoms with E-state index in [9.17, 15) is 0 Å². The molecule has 2 aromatic heterocycles. The minimum Gasteiger partial charge on any atom is -0.396 e. The van der Waals surface area contributed by atoms with Gasteiger partial charge in [-0.15, -0.1) is 11.8 Å². The highest BCUT2D eigenvalue weighted by atomic mass is 32.2. The molecule has 0 aliphatic carbocycles. The predicted molar refractivity (Wildman–Crippen MR) is 86.9 cm³/mol. The zero-order valence-corrected chi connectivity index (χ0v) is 12.8. The summed E-state index contributed by atoms with van der Waals surface area (Å²) in [6.45, 7) is 3.69. The number of anilines is 3. The van der Waals surface area contributed by atoms with Crippen molar-refractivity contribution >= 4 is 29.0 Å². The molecule has 21 heavy (non-hydrogen) atoms. The molecule has 110 valence electrons. The van der Waals surface area contributed by atoms with E-state index in [2.05, 4.69) is 24.8 Å². The molecular formula is C14H18N6S. The summed E-state index contributed by atoms with van der Waals surface area (Å²) in [6.07, 6.45) is 7.15. The smallest absolute Gasteiger partial charge is 0.133 e. The molecule has 2 N–H and O–H groups in total. The van der Waals surface area contributed by atoms with E-state index >= 15 is 0 Å². The van der Waals surface area contributed by atoms with Crippen LogP contribution in [0, 0.1) is 0 Å². The third kappa shape index (κ3) is 3.02. The number of hydrogen-bond donors (Lipinski definition) is 1. The van der Waals surface area contributed by atoms with Gasteiger partial charge in [0.2, 0.25) is 0 Å². The van der Waals surface area contributed by atoms with Crippen molar-refractivity contribution in [3.05, 3.63) is 30.9 Å². The fraction of sp³-hybridized carbons (Fsp3) is 0.357. The average Bonchev–Trinajstić information content (AvgIpc) is 2.56. The highest BCUT2D eigenvalue weighted by Crippen LogP contribution is 2.24. The Balaban J connectivity index is 1.69. The summed E-state index contributed by atoms with van der Waals surface area (Å²) in [5, 5.41) is 1.00. The van der Waals surface area contributed by atoms with Crippen LogP contribution in [0.1, 0.15) is 0 Å². The summed E-state index contributed by atoms with van der Waals surface area (Å²) in [4.78, 5) is 17.2. The minimum absolute atomic E-state index is 0.734. The second-order valence-corrected chi connectivity index (χ2v) is 5.65. The lowest BCUT2D eigenvalue weighted by atomic mass is 10.2. The van der Waals surface area contributed by atoms with Gasteiger partial charge in [0.15, 0.2) is 0 Å². The van der Waals surface area contributed by atoms with E-state index in [4.69, 9.17) is 5.73 Å². The summed E-state index contributed by atoms with van der Waals surface area (Å²) in [5.74, 6) is 0.997. The van der Waals surface area contributed by atoms with Crippen molar-refractivity contribution < 1.29 is 0 Å². The number of nitrogens with zero attached hydrogens (tertiary/aromatic N) is 5. The Bertz CT molecular complexity index is 612. The van der Waals surface area contributed by atoms with Gasteiger partial charge in [-0.2, -0.15) is 0 Å². The monoisotopic (exact) mass is 302 g/mol. The van der Waals surface area contributed by atoms with Crippen LogP contribution < -0.4 is 15.5 Å². The molecule has 0 bridgehead atoms. The Morgan fingerprint density at radius 3 is 2.62 bits per heavy atom. The molecule has 7 heteroatoms. The molecule has 1 aliphatic heterocycles. The maximum Gasteiger partial charge on any atom is 0.133 e. The molecular weight excluding hydrogens is 284 g/mol. The van der Waals surface area contributed by atoms with Gasteiger partial charge in [-0.3, -0.25) is 4.98 Å². The number of pyridine rings is 1. The SMILES string of the molecule is CSc1cc(N2CCN(c3ccncc3N)CC2)ncn1. The quantitative estimate of drug-likeness (QED) is 0.680. The van der Waals surface area contributed by atoms with Crippen molar-refractivity contribution in [3.8, 4) is 0 Å². The Labute approximate surface area is 128 Å². The molecule has 0 aromatic carbocycles. The van der Waals surface area contributed by atoms with Crippen LogP contribution in [0.3, 0.4) is 0 Å². The molecule has 3 heterocycles. The Hall–Kier alpha value is -2.02. The van der Waals surface area contributed by atoms with Crippen LogP contribution >= 0.6 is 11.8 Å². The Morgan fingerprint density at radius 2 is 1.90 bits per heavy atom. The average molecular weight is 302 g/mol. The topological polar surface area (TPSA) is 71.2 Å². The van der Waals surface area contributed by atoms with Crippen LogP contribution in [0.15, 0.2) is 35.9 Å². The van der Waals surface area contributed by atoms with E-state index in [-0.39, 0.29) is 0 Å². The van der Waals surface area contributed by atoms with E-state index < -0.39 is 0 Å². The molecule has 0 saturated carbocycles. The lowest BCUT2D eigenvalue weighted by Gasteiger charge is -2.37. The summed E-state index contributed by atoms with van der Waals surface area (Å²) in [6, 6.07) is 4.02. The van der Waals surface area contributed by atoms with E-state index in [0.29, 0.717) is 0 Å². The molecule has 0 radical (unpaired) electrons. The third-order valence-corrected chi connectivity index (χ3v) is 4.25. The number of rotatable bonds is 3. The van der Waals surface area contributed by atoms with Crippen LogP contribution in [0.2, 0.25) is 0 Å². The maximum atomic E-state index is 5.99. The number of nitrogen functional groups attached to an aromatic ring is 1. The van der Waals surface area contributed by atoms with Crippen LogP contribution in [-0.4, -0.2) is 47.4 Å². The fourth-order valence-electron chi connectivity index (χ4n) is 2.48. The minimum atomic E-state index is 0.734. The number of nitrogens with two attached hydrogens (primary N) is 1. The molecule has 0 amide bonds. The highest BCUT2D eigenvalue weighted by molar-refractivity contribution is 7.98. The van der Waals surface area contributed by atoms with Gasteiger partial charge in [-0.05, 0) is 12.3 Å². The van der Waals surface area contributed by atoms with E-state index in [0.717, 1.165) is 48.4 Å². The van der Waals surface area contributed by atoms with Crippen LogP contribution in [-0.2, 0) is 0 Å². The van der Waals surface area contributed by atoms with Gasteiger partial charge in [0.1, 0.15) is 17.2 Å². The second kappa shape index (κ2) is 6.17. The lowest BCUT2D eigenvalue weighted by molar-refractivity contribution is 0.646. The second-order valence-electron chi connectivity index (χ2n) is 4.83. The number of aromatic nitrogens is 3. The number of thioether (sulfide) groups is 1. The first-order valence-corrected chi connectivity index (χ1v) is 8.06. The van der Waals surface area contributed by atoms with E-state index in [1.165, 1.54) is 0 Å². The van der Waals surface area contributed by atoms with Gasteiger partial charge in [-0.25, -0.2) is 9.97 Å². The highest BCUT2D eigenvalue weighted by Gasteiger charge is 2.19. The summed E-state index contributed by atoms with van der Waals surface area (Å²) < 4.78 is 0. The fourth-order valence-corrected chi connectivity index (χ4v) is 2.85. The first-order valence-electron chi connectivity index (χ1n) is 6.83. The van der Waals surface area contributed by atoms with Crippen molar-refractivity contribution in [3.63, 3.8) is 0 Å². The normalized spacial score (nSPS) is 15.3. The molecule has 0 spiro atoms. The Kier molecular flexibility index (Phi) is 4.10. The van der Waals surface area contributed by atoms with Crippen molar-refractivity contribution in [2.75, 3.05) is 48.0 Å². The molecule has 0 atom stereocenters. The van der Waals surface area contributed by atoms with E-state index in [1.807, 2.05) is 18.4 Å². The molecule has 1 fully saturated rings. The van der Waals surface area contributed by atoms with Gasteiger partial charge in [-0.1, -0.05) is 0 Å². The van der Waals surface area contributed by atoms with Crippen molar-refractivity contribution in [1.82, 2.24) is 15.0 Å². The summed E-state index contributed by atoms with van der Waals surface area (Å²) >= 11 is 1.63. The van der Waals surface area contributed by atoms with Gasteiger partial charge in [0.25, 0.3) is 0 Å². The van der Waals surface area contributed by atoms with Crippen molar-refractivity contribution in [2.24, 2.45) is 0 Å². The summed E-state index contributed by atoms with van der Waals surface area (Å²) in [7, 11) is 0. The zero-order valence-electron chi connectivity index (χ0n) is 11.9.